The Morgan fingerprint density at radius 2 is 1.90 bits per heavy atom. The largest absolute Gasteiger partial charge is 0.478 e. The molecule has 0 saturated carbocycles. The van der Waals surface area contributed by atoms with Gasteiger partial charge in [0.1, 0.15) is 11.5 Å². The fraction of sp³-hybridized carbons (Fsp3) is 0.136. The van der Waals surface area contributed by atoms with Gasteiger partial charge in [0.2, 0.25) is 5.91 Å². The Bertz CT molecular complexity index is 1100. The molecule has 0 radical (unpaired) electrons. The lowest BCUT2D eigenvalue weighted by molar-refractivity contribution is -0.120. The van der Waals surface area contributed by atoms with Crippen LogP contribution in [0.25, 0.3) is 11.3 Å². The number of hydrogen-bond acceptors (Lipinski definition) is 4. The number of carboxylic acid groups (broad SMARTS) is 1. The Morgan fingerprint density at radius 3 is 2.62 bits per heavy atom. The monoisotopic (exact) mass is 410 g/mol. The molecule has 1 amide bonds. The highest BCUT2D eigenvalue weighted by Gasteiger charge is 2.12. The Labute approximate surface area is 172 Å². The highest BCUT2D eigenvalue weighted by atomic mass is 35.5. The molecular weight excluding hydrogens is 392 g/mol. The van der Waals surface area contributed by atoms with Crippen LogP contribution in [0.15, 0.2) is 58.0 Å². The van der Waals surface area contributed by atoms with Crippen molar-refractivity contribution in [2.24, 2.45) is 5.10 Å². The van der Waals surface area contributed by atoms with Crippen molar-refractivity contribution in [3.63, 3.8) is 0 Å². The van der Waals surface area contributed by atoms with E-state index in [1.54, 1.807) is 18.2 Å². The van der Waals surface area contributed by atoms with Crippen molar-refractivity contribution < 1.29 is 19.1 Å². The zero-order valence-electron chi connectivity index (χ0n) is 15.9. The van der Waals surface area contributed by atoms with E-state index in [0.717, 1.165) is 11.1 Å². The van der Waals surface area contributed by atoms with Gasteiger partial charge in [0, 0.05) is 5.56 Å². The summed E-state index contributed by atoms with van der Waals surface area (Å²) in [5.74, 6) is -0.470. The first-order valence-corrected chi connectivity index (χ1v) is 9.22. The van der Waals surface area contributed by atoms with Crippen molar-refractivity contribution in [1.82, 2.24) is 5.43 Å². The van der Waals surface area contributed by atoms with Crippen molar-refractivity contribution in [2.45, 2.75) is 20.3 Å². The molecule has 3 aromatic rings. The van der Waals surface area contributed by atoms with Gasteiger partial charge >= 0.3 is 5.97 Å². The van der Waals surface area contributed by atoms with Crippen molar-refractivity contribution >= 4 is 29.7 Å². The SMILES string of the molecule is Cc1ccc(CC(=O)N/N=C\c2ccc(-c3ccc(Cl)c(C(=O)O)c3)o2)cc1C. The molecule has 0 saturated heterocycles. The second-order valence-corrected chi connectivity index (χ2v) is 7.00. The van der Waals surface area contributed by atoms with E-state index < -0.39 is 5.97 Å². The van der Waals surface area contributed by atoms with Crippen molar-refractivity contribution in [3.05, 3.63) is 81.6 Å². The van der Waals surface area contributed by atoms with Crippen LogP contribution in [0, 0.1) is 13.8 Å². The number of carbonyl (C=O) groups is 2. The first kappa shape index (κ1) is 20.4. The molecule has 1 aromatic heterocycles. The first-order chi connectivity index (χ1) is 13.8. The number of hydrogen-bond donors (Lipinski definition) is 2. The lowest BCUT2D eigenvalue weighted by Gasteiger charge is -2.04. The molecule has 2 N–H and O–H groups in total. The van der Waals surface area contributed by atoms with E-state index in [9.17, 15) is 9.59 Å². The Morgan fingerprint density at radius 1 is 1.10 bits per heavy atom. The molecule has 0 aliphatic rings. The summed E-state index contributed by atoms with van der Waals surface area (Å²) in [6.45, 7) is 4.02. The first-order valence-electron chi connectivity index (χ1n) is 8.84. The molecule has 6 nitrogen and oxygen atoms in total. The second-order valence-electron chi connectivity index (χ2n) is 6.59. The van der Waals surface area contributed by atoms with Gasteiger partial charge in [0.05, 0.1) is 23.2 Å². The van der Waals surface area contributed by atoms with Gasteiger partial charge in [0.15, 0.2) is 0 Å². The molecule has 0 bridgehead atoms. The van der Waals surface area contributed by atoms with Crippen LogP contribution in [-0.2, 0) is 11.2 Å². The Balaban J connectivity index is 1.63. The van der Waals surface area contributed by atoms with Gasteiger partial charge in [-0.15, -0.1) is 0 Å². The number of halogens is 1. The third kappa shape index (κ3) is 5.12. The summed E-state index contributed by atoms with van der Waals surface area (Å²) >= 11 is 5.88. The molecule has 0 fully saturated rings. The molecule has 1 heterocycles. The van der Waals surface area contributed by atoms with Gasteiger partial charge in [-0.3, -0.25) is 4.79 Å². The summed E-state index contributed by atoms with van der Waals surface area (Å²) in [7, 11) is 0. The van der Waals surface area contributed by atoms with E-state index in [1.165, 1.54) is 23.9 Å². The number of rotatable bonds is 6. The van der Waals surface area contributed by atoms with E-state index in [1.807, 2.05) is 32.0 Å². The molecular formula is C22H19ClN2O4. The molecule has 0 unspecified atom stereocenters. The fourth-order valence-corrected chi connectivity index (χ4v) is 2.92. The van der Waals surface area contributed by atoms with Crippen LogP contribution >= 0.6 is 11.6 Å². The fourth-order valence-electron chi connectivity index (χ4n) is 2.73. The number of carbonyl (C=O) groups excluding carboxylic acids is 1. The van der Waals surface area contributed by atoms with Gasteiger partial charge in [-0.2, -0.15) is 5.10 Å². The quantitative estimate of drug-likeness (QED) is 0.458. The van der Waals surface area contributed by atoms with E-state index >= 15 is 0 Å². The van der Waals surface area contributed by atoms with Gasteiger partial charge in [0.25, 0.3) is 0 Å². The molecule has 148 valence electrons. The summed E-state index contributed by atoms with van der Waals surface area (Å²) in [6.07, 6.45) is 1.61. The number of nitrogens with one attached hydrogen (secondary N) is 1. The van der Waals surface area contributed by atoms with Gasteiger partial charge in [-0.1, -0.05) is 29.8 Å². The van der Waals surface area contributed by atoms with Crippen LogP contribution in [0.4, 0.5) is 0 Å². The summed E-state index contributed by atoms with van der Waals surface area (Å²) < 4.78 is 5.64. The number of furan rings is 1. The predicted molar refractivity (Wildman–Crippen MR) is 111 cm³/mol. The van der Waals surface area contributed by atoms with Crippen LogP contribution in [0.1, 0.15) is 32.8 Å². The minimum atomic E-state index is -1.11. The maximum absolute atomic E-state index is 12.0. The molecule has 7 heteroatoms. The molecule has 0 aliphatic carbocycles. The van der Waals surface area contributed by atoms with Gasteiger partial charge in [-0.25, -0.2) is 10.2 Å². The molecule has 3 rings (SSSR count). The number of benzene rings is 2. The highest BCUT2D eigenvalue weighted by Crippen LogP contribution is 2.26. The summed E-state index contributed by atoms with van der Waals surface area (Å²) in [4.78, 5) is 23.2. The van der Waals surface area contributed by atoms with E-state index in [0.29, 0.717) is 17.1 Å². The lowest BCUT2D eigenvalue weighted by atomic mass is 10.0. The van der Waals surface area contributed by atoms with Gasteiger partial charge < -0.3 is 9.52 Å². The number of aryl methyl sites for hydroxylation is 2. The Kier molecular flexibility index (Phi) is 6.14. The number of hydrazone groups is 1. The van der Waals surface area contributed by atoms with E-state index in [4.69, 9.17) is 21.1 Å². The molecule has 2 aromatic carbocycles. The third-order valence-corrected chi connectivity index (χ3v) is 4.75. The van der Waals surface area contributed by atoms with Crippen molar-refractivity contribution in [3.8, 4) is 11.3 Å². The lowest BCUT2D eigenvalue weighted by Crippen LogP contribution is -2.19. The Hall–Kier alpha value is -3.38. The second kappa shape index (κ2) is 8.75. The summed E-state index contributed by atoms with van der Waals surface area (Å²) in [5, 5.41) is 13.2. The average molecular weight is 411 g/mol. The normalized spacial score (nSPS) is 11.0. The van der Waals surface area contributed by atoms with Crippen LogP contribution in [0.3, 0.4) is 0 Å². The van der Waals surface area contributed by atoms with E-state index in [2.05, 4.69) is 10.5 Å². The smallest absolute Gasteiger partial charge is 0.337 e. The summed E-state index contributed by atoms with van der Waals surface area (Å²) in [5.41, 5.74) is 6.27. The van der Waals surface area contributed by atoms with Crippen LogP contribution in [-0.4, -0.2) is 23.2 Å². The van der Waals surface area contributed by atoms with Crippen molar-refractivity contribution in [1.29, 1.82) is 0 Å². The molecule has 0 atom stereocenters. The minimum absolute atomic E-state index is 0.00519. The van der Waals surface area contributed by atoms with Crippen LogP contribution < -0.4 is 5.43 Å². The predicted octanol–water partition coefficient (Wildman–Crippen LogP) is 4.61. The standard InChI is InChI=1S/C22H19ClN2O4/c1-13-3-4-15(9-14(13)2)10-21(26)25-24-12-17-6-8-20(29-17)16-5-7-19(23)18(11-16)22(27)28/h3-9,11-12H,10H2,1-2H3,(H,25,26)(H,27,28)/b24-12-. The molecule has 0 spiro atoms. The third-order valence-electron chi connectivity index (χ3n) is 4.43. The average Bonchev–Trinajstić information content (AvgIpc) is 3.14. The van der Waals surface area contributed by atoms with Gasteiger partial charge in [-0.05, 0) is 60.9 Å². The van der Waals surface area contributed by atoms with Crippen LogP contribution in [0.2, 0.25) is 5.02 Å². The zero-order chi connectivity index (χ0) is 21.0. The highest BCUT2D eigenvalue weighted by molar-refractivity contribution is 6.33. The zero-order valence-corrected chi connectivity index (χ0v) is 16.7. The number of aromatic carboxylic acids is 1. The minimum Gasteiger partial charge on any atom is -0.478 e. The molecule has 0 aliphatic heterocycles. The maximum Gasteiger partial charge on any atom is 0.337 e. The maximum atomic E-state index is 12.0. The number of nitrogens with zero attached hydrogens (tertiary/aromatic N) is 1. The van der Waals surface area contributed by atoms with Crippen LogP contribution in [0.5, 0.6) is 0 Å². The summed E-state index contributed by atoms with van der Waals surface area (Å²) in [6, 6.07) is 13.9. The number of amides is 1. The molecule has 29 heavy (non-hydrogen) atoms. The topological polar surface area (TPSA) is 91.9 Å². The number of carboxylic acids is 1. The van der Waals surface area contributed by atoms with E-state index in [-0.39, 0.29) is 22.9 Å². The van der Waals surface area contributed by atoms with Crippen molar-refractivity contribution in [2.75, 3.05) is 0 Å².